The summed E-state index contributed by atoms with van der Waals surface area (Å²) >= 11 is 3.53. The molecule has 0 spiro atoms. The zero-order valence-electron chi connectivity index (χ0n) is 18.5. The summed E-state index contributed by atoms with van der Waals surface area (Å²) in [5.74, 6) is 0.549. The summed E-state index contributed by atoms with van der Waals surface area (Å²) in [6.45, 7) is 1.82. The topological polar surface area (TPSA) is 86.2 Å². The molecule has 0 aliphatic carbocycles. The van der Waals surface area contributed by atoms with Crippen molar-refractivity contribution >= 4 is 45.5 Å². The third-order valence-corrected chi connectivity index (χ3v) is 5.44. The van der Waals surface area contributed by atoms with Gasteiger partial charge < -0.3 is 19.5 Å². The second-order valence-electron chi connectivity index (χ2n) is 7.40. The Hall–Kier alpha value is -3.91. The Labute approximate surface area is 205 Å². The summed E-state index contributed by atoms with van der Waals surface area (Å²) in [6, 6.07) is 20.3. The van der Waals surface area contributed by atoms with Gasteiger partial charge in [-0.3, -0.25) is 4.79 Å². The number of carbonyl (C=O) groups excluding carboxylic acids is 2. The standard InChI is InChI=1S/C26H21BrN2O5/c1-16(30)28-20-10-8-19(9-11-20)25-29-22(26(31)34-25)13-18-12-21(27)24(23(14-18)32-2)33-15-17-6-4-3-5-7-17/h3-14H,15H2,1-2H3,(H,28,30)/b22-13-. The van der Waals surface area contributed by atoms with Crippen LogP contribution in [0.1, 0.15) is 23.6 Å². The molecule has 4 rings (SSSR count). The van der Waals surface area contributed by atoms with E-state index in [4.69, 9.17) is 14.2 Å². The average molecular weight is 521 g/mol. The summed E-state index contributed by atoms with van der Waals surface area (Å²) in [5.41, 5.74) is 3.14. The van der Waals surface area contributed by atoms with Crippen LogP contribution in [0.4, 0.5) is 5.69 Å². The molecule has 1 aliphatic rings. The number of nitrogens with zero attached hydrogens (tertiary/aromatic N) is 1. The summed E-state index contributed by atoms with van der Waals surface area (Å²) in [7, 11) is 1.55. The van der Waals surface area contributed by atoms with Gasteiger partial charge in [-0.25, -0.2) is 9.79 Å². The van der Waals surface area contributed by atoms with Crippen LogP contribution in [-0.2, 0) is 20.9 Å². The number of esters is 1. The van der Waals surface area contributed by atoms with E-state index in [9.17, 15) is 9.59 Å². The fourth-order valence-electron chi connectivity index (χ4n) is 3.28. The average Bonchev–Trinajstić information content (AvgIpc) is 3.18. The van der Waals surface area contributed by atoms with Crippen LogP contribution >= 0.6 is 15.9 Å². The highest BCUT2D eigenvalue weighted by atomic mass is 79.9. The number of ether oxygens (including phenoxy) is 3. The molecule has 172 valence electrons. The smallest absolute Gasteiger partial charge is 0.363 e. The molecule has 7 nitrogen and oxygen atoms in total. The van der Waals surface area contributed by atoms with E-state index >= 15 is 0 Å². The molecule has 34 heavy (non-hydrogen) atoms. The first-order valence-electron chi connectivity index (χ1n) is 10.4. The van der Waals surface area contributed by atoms with E-state index in [0.29, 0.717) is 39.4 Å². The van der Waals surface area contributed by atoms with Gasteiger partial charge in [-0.2, -0.15) is 0 Å². The predicted molar refractivity (Wildman–Crippen MR) is 133 cm³/mol. The molecule has 0 fully saturated rings. The van der Waals surface area contributed by atoms with E-state index in [1.165, 1.54) is 6.92 Å². The predicted octanol–water partition coefficient (Wildman–Crippen LogP) is 5.34. The number of amides is 1. The maximum Gasteiger partial charge on any atom is 0.363 e. The van der Waals surface area contributed by atoms with Gasteiger partial charge in [0.15, 0.2) is 17.2 Å². The second-order valence-corrected chi connectivity index (χ2v) is 8.26. The lowest BCUT2D eigenvalue weighted by Gasteiger charge is -2.13. The normalized spacial score (nSPS) is 13.9. The van der Waals surface area contributed by atoms with Crippen molar-refractivity contribution in [2.45, 2.75) is 13.5 Å². The monoisotopic (exact) mass is 520 g/mol. The number of hydrogen-bond acceptors (Lipinski definition) is 6. The number of hydrogen-bond donors (Lipinski definition) is 1. The molecule has 3 aromatic rings. The molecular weight excluding hydrogens is 500 g/mol. The molecule has 1 N–H and O–H groups in total. The fourth-order valence-corrected chi connectivity index (χ4v) is 3.86. The number of nitrogens with one attached hydrogen (secondary N) is 1. The second kappa shape index (κ2) is 10.4. The highest BCUT2D eigenvalue weighted by molar-refractivity contribution is 9.10. The largest absolute Gasteiger partial charge is 0.493 e. The lowest BCUT2D eigenvalue weighted by molar-refractivity contribution is -0.129. The molecule has 8 heteroatoms. The van der Waals surface area contributed by atoms with Gasteiger partial charge in [0.2, 0.25) is 11.8 Å². The van der Waals surface area contributed by atoms with E-state index in [0.717, 1.165) is 5.56 Å². The lowest BCUT2D eigenvalue weighted by atomic mass is 10.1. The lowest BCUT2D eigenvalue weighted by Crippen LogP contribution is -2.07. The van der Waals surface area contributed by atoms with Gasteiger partial charge in [-0.1, -0.05) is 30.3 Å². The third-order valence-electron chi connectivity index (χ3n) is 4.85. The number of benzene rings is 3. The minimum Gasteiger partial charge on any atom is -0.493 e. The van der Waals surface area contributed by atoms with Crippen LogP contribution in [-0.4, -0.2) is 24.9 Å². The molecule has 0 saturated heterocycles. The van der Waals surface area contributed by atoms with Gasteiger partial charge >= 0.3 is 5.97 Å². The molecule has 0 bridgehead atoms. The van der Waals surface area contributed by atoms with Crippen molar-refractivity contribution in [1.29, 1.82) is 0 Å². The number of halogens is 1. The number of methoxy groups -OCH3 is 1. The summed E-state index contributed by atoms with van der Waals surface area (Å²) in [5, 5.41) is 2.69. The van der Waals surface area contributed by atoms with Crippen molar-refractivity contribution in [3.8, 4) is 11.5 Å². The molecule has 0 aromatic heterocycles. The fraction of sp³-hybridized carbons (Fsp3) is 0.115. The van der Waals surface area contributed by atoms with Crippen LogP contribution in [0.3, 0.4) is 0 Å². The zero-order valence-corrected chi connectivity index (χ0v) is 20.1. The molecule has 1 amide bonds. The number of carbonyl (C=O) groups is 2. The van der Waals surface area contributed by atoms with E-state index in [2.05, 4.69) is 26.2 Å². The number of cyclic esters (lactones) is 1. The van der Waals surface area contributed by atoms with E-state index in [1.54, 1.807) is 43.5 Å². The van der Waals surface area contributed by atoms with Crippen molar-refractivity contribution in [2.24, 2.45) is 4.99 Å². The summed E-state index contributed by atoms with van der Waals surface area (Å²) in [4.78, 5) is 27.9. The highest BCUT2D eigenvalue weighted by Crippen LogP contribution is 2.38. The van der Waals surface area contributed by atoms with Gasteiger partial charge in [-0.05, 0) is 69.5 Å². The number of rotatable bonds is 7. The molecule has 0 radical (unpaired) electrons. The molecule has 1 heterocycles. The van der Waals surface area contributed by atoms with Crippen LogP contribution < -0.4 is 14.8 Å². The molecular formula is C26H21BrN2O5. The van der Waals surface area contributed by atoms with Gasteiger partial charge in [0.1, 0.15) is 6.61 Å². The Kier molecular flexibility index (Phi) is 7.08. The first-order valence-corrected chi connectivity index (χ1v) is 11.2. The van der Waals surface area contributed by atoms with Crippen molar-refractivity contribution in [2.75, 3.05) is 12.4 Å². The van der Waals surface area contributed by atoms with Crippen molar-refractivity contribution < 1.29 is 23.8 Å². The summed E-state index contributed by atoms with van der Waals surface area (Å²) < 4.78 is 17.5. The minimum absolute atomic E-state index is 0.160. The maximum atomic E-state index is 12.4. The molecule has 0 saturated carbocycles. The molecule has 0 unspecified atom stereocenters. The zero-order chi connectivity index (χ0) is 24.1. The first-order chi connectivity index (χ1) is 16.4. The Morgan fingerprint density at radius 3 is 2.53 bits per heavy atom. The van der Waals surface area contributed by atoms with Gasteiger partial charge in [-0.15, -0.1) is 0 Å². The Bertz CT molecular complexity index is 1280. The van der Waals surface area contributed by atoms with Crippen LogP contribution in [0.15, 0.2) is 81.9 Å². The maximum absolute atomic E-state index is 12.4. The van der Waals surface area contributed by atoms with Crippen molar-refractivity contribution in [1.82, 2.24) is 0 Å². The van der Waals surface area contributed by atoms with E-state index in [-0.39, 0.29) is 17.5 Å². The van der Waals surface area contributed by atoms with Crippen LogP contribution in [0.25, 0.3) is 6.08 Å². The summed E-state index contributed by atoms with van der Waals surface area (Å²) in [6.07, 6.45) is 1.62. The Morgan fingerprint density at radius 2 is 1.85 bits per heavy atom. The Balaban J connectivity index is 1.55. The van der Waals surface area contributed by atoms with E-state index in [1.807, 2.05) is 36.4 Å². The number of aliphatic imine (C=N–C) groups is 1. The first kappa shape index (κ1) is 23.3. The van der Waals surface area contributed by atoms with Crippen molar-refractivity contribution in [3.05, 3.63) is 93.6 Å². The highest BCUT2D eigenvalue weighted by Gasteiger charge is 2.24. The van der Waals surface area contributed by atoms with Crippen molar-refractivity contribution in [3.63, 3.8) is 0 Å². The van der Waals surface area contributed by atoms with Crippen LogP contribution in [0, 0.1) is 0 Å². The quantitative estimate of drug-likeness (QED) is 0.335. The van der Waals surface area contributed by atoms with E-state index < -0.39 is 5.97 Å². The molecule has 0 atom stereocenters. The van der Waals surface area contributed by atoms with Gasteiger partial charge in [0, 0.05) is 18.2 Å². The van der Waals surface area contributed by atoms with Crippen LogP contribution in [0.2, 0.25) is 0 Å². The Morgan fingerprint density at radius 1 is 1.12 bits per heavy atom. The van der Waals surface area contributed by atoms with Crippen LogP contribution in [0.5, 0.6) is 11.5 Å². The molecule has 3 aromatic carbocycles. The minimum atomic E-state index is -0.555. The van der Waals surface area contributed by atoms with Gasteiger partial charge in [0.05, 0.1) is 11.6 Å². The SMILES string of the molecule is COc1cc(/C=C2\N=C(c3ccc(NC(C)=O)cc3)OC2=O)cc(Br)c1OCc1ccccc1. The molecule has 1 aliphatic heterocycles. The third kappa shape index (κ3) is 5.52. The van der Waals surface area contributed by atoms with Gasteiger partial charge in [0.25, 0.3) is 0 Å². The number of anilines is 1.